The molecule has 1 aromatic rings. The molecule has 0 unspecified atom stereocenters. The van der Waals surface area contributed by atoms with E-state index in [4.69, 9.17) is 9.47 Å². The van der Waals surface area contributed by atoms with Gasteiger partial charge in [-0.2, -0.15) is 19.4 Å². The molecule has 0 aliphatic rings. The molecule has 0 N–H and O–H groups in total. The number of hydrogen-bond acceptors (Lipinski definition) is 6. The highest BCUT2D eigenvalue weighted by Crippen LogP contribution is 2.14. The van der Waals surface area contributed by atoms with Crippen LogP contribution in [0.2, 0.25) is 0 Å². The smallest absolute Gasteiger partial charge is 0.432 e. The van der Waals surface area contributed by atoms with Crippen molar-refractivity contribution in [2.45, 2.75) is 194 Å². The van der Waals surface area contributed by atoms with Gasteiger partial charge in [-0.15, -0.1) is 0 Å². The van der Waals surface area contributed by atoms with Gasteiger partial charge in [0.05, 0.1) is 13.2 Å². The fourth-order valence-corrected chi connectivity index (χ4v) is 5.41. The van der Waals surface area contributed by atoms with Crippen molar-refractivity contribution in [3.05, 3.63) is 36.4 Å². The zero-order chi connectivity index (χ0) is 33.4. The average molecular weight is 649 g/mol. The van der Waals surface area contributed by atoms with E-state index < -0.39 is 12.3 Å². The van der Waals surface area contributed by atoms with Crippen molar-refractivity contribution in [3.63, 3.8) is 0 Å². The lowest BCUT2D eigenvalue weighted by atomic mass is 10.0. The van der Waals surface area contributed by atoms with Crippen LogP contribution in [0.1, 0.15) is 194 Å². The summed E-state index contributed by atoms with van der Waals surface area (Å²) in [5.74, 6) is 0. The Balaban J connectivity index is 0.00000299. The van der Waals surface area contributed by atoms with Crippen molar-refractivity contribution >= 4 is 12.3 Å². The molecule has 6 nitrogen and oxygen atoms in total. The summed E-state index contributed by atoms with van der Waals surface area (Å²) >= 11 is 0. The Kier molecular flexibility index (Phi) is 37.0. The van der Waals surface area contributed by atoms with Crippen molar-refractivity contribution < 1.29 is 28.8 Å². The van der Waals surface area contributed by atoms with Crippen molar-refractivity contribution in [2.24, 2.45) is 0 Å². The minimum atomic E-state index is -0.997. The highest BCUT2D eigenvalue weighted by molar-refractivity contribution is 5.63. The normalized spacial score (nSPS) is 10.6. The molecule has 0 amide bonds. The van der Waals surface area contributed by atoms with Crippen LogP contribution in [0.25, 0.3) is 0 Å². The number of unbranched alkanes of at least 4 members (excludes halogenated alkanes) is 26. The summed E-state index contributed by atoms with van der Waals surface area (Å²) in [5.41, 5.74) is 0. The predicted octanol–water partition coefficient (Wildman–Crippen LogP) is 13.9. The van der Waals surface area contributed by atoms with E-state index in [1.807, 2.05) is 36.4 Å². The van der Waals surface area contributed by atoms with Gasteiger partial charge in [0.15, 0.2) is 0 Å². The van der Waals surface area contributed by atoms with Crippen LogP contribution in [-0.2, 0) is 19.2 Å². The van der Waals surface area contributed by atoms with E-state index in [0.29, 0.717) is 0 Å². The second kappa shape index (κ2) is 38.9. The third kappa shape index (κ3) is 37.9. The van der Waals surface area contributed by atoms with Gasteiger partial charge in [-0.25, -0.2) is 0 Å². The number of rotatable bonds is 30. The topological polar surface area (TPSA) is 71.1 Å². The summed E-state index contributed by atoms with van der Waals surface area (Å²) in [6.45, 7) is 5.07. The zero-order valence-electron chi connectivity index (χ0n) is 30.1. The third-order valence-electron chi connectivity index (χ3n) is 8.28. The standard InChI is InChI=1S/C34H66O6.C6H6/c1-3-5-7-9-11-13-15-17-19-21-23-25-27-29-31-37-33(35)39-40-34(36)38-32-30-28-26-24-22-20-18-16-14-12-10-8-6-4-2;1-2-4-6-5-3-1/h3-32H2,1-2H3;1-6H. The summed E-state index contributed by atoms with van der Waals surface area (Å²) in [6.07, 6.45) is 33.6. The van der Waals surface area contributed by atoms with Gasteiger partial charge in [0.25, 0.3) is 0 Å². The van der Waals surface area contributed by atoms with Crippen LogP contribution in [0.4, 0.5) is 9.59 Å². The Morgan fingerprint density at radius 2 is 0.522 bits per heavy atom. The molecule has 0 aromatic heterocycles. The van der Waals surface area contributed by atoms with Crippen LogP contribution >= 0.6 is 0 Å². The van der Waals surface area contributed by atoms with E-state index in [2.05, 4.69) is 23.6 Å². The SMILES string of the molecule is CCCCCCCCCCCCCCCCOC(=O)OOC(=O)OCCCCCCCCCCCCCCCC.c1ccccc1. The molecule has 0 aliphatic carbocycles. The first-order valence-electron chi connectivity index (χ1n) is 19.4. The molecule has 0 heterocycles. The molecule has 0 atom stereocenters. The van der Waals surface area contributed by atoms with Crippen molar-refractivity contribution in [1.29, 1.82) is 0 Å². The summed E-state index contributed by atoms with van der Waals surface area (Å²) in [4.78, 5) is 31.8. The molecule has 268 valence electrons. The lowest BCUT2D eigenvalue weighted by Crippen LogP contribution is -2.14. The maximum atomic E-state index is 11.5. The monoisotopic (exact) mass is 649 g/mol. The minimum absolute atomic E-state index is 0.272. The van der Waals surface area contributed by atoms with E-state index >= 15 is 0 Å². The first kappa shape index (κ1) is 43.8. The second-order valence-corrected chi connectivity index (χ2v) is 12.7. The van der Waals surface area contributed by atoms with E-state index in [0.717, 1.165) is 38.5 Å². The quantitative estimate of drug-likeness (QED) is 0.0358. The third-order valence-corrected chi connectivity index (χ3v) is 8.28. The molecule has 0 saturated carbocycles. The van der Waals surface area contributed by atoms with E-state index in [9.17, 15) is 9.59 Å². The number of benzene rings is 1. The first-order chi connectivity index (χ1) is 22.7. The molecule has 1 aromatic carbocycles. The van der Waals surface area contributed by atoms with E-state index in [1.54, 1.807) is 0 Å². The molecule has 0 saturated heterocycles. The summed E-state index contributed by atoms with van der Waals surface area (Å²) in [6, 6.07) is 12.0. The molecule has 1 rings (SSSR count). The van der Waals surface area contributed by atoms with Crippen LogP contribution in [0.5, 0.6) is 0 Å². The van der Waals surface area contributed by atoms with E-state index in [-0.39, 0.29) is 13.2 Å². The first-order valence-corrected chi connectivity index (χ1v) is 19.4. The number of carbonyl (C=O) groups is 2. The van der Waals surface area contributed by atoms with Gasteiger partial charge >= 0.3 is 12.3 Å². The summed E-state index contributed by atoms with van der Waals surface area (Å²) in [5, 5.41) is 0. The van der Waals surface area contributed by atoms with Gasteiger partial charge in [0.2, 0.25) is 0 Å². The Hall–Kier alpha value is -2.24. The molecule has 0 bridgehead atoms. The summed E-state index contributed by atoms with van der Waals surface area (Å²) < 4.78 is 9.87. The largest absolute Gasteiger partial charge is 0.549 e. The van der Waals surface area contributed by atoms with Crippen LogP contribution in [0, 0.1) is 0 Å². The lowest BCUT2D eigenvalue weighted by molar-refractivity contribution is -0.217. The second-order valence-electron chi connectivity index (χ2n) is 12.7. The average Bonchev–Trinajstić information content (AvgIpc) is 3.08. The Morgan fingerprint density at radius 1 is 0.326 bits per heavy atom. The van der Waals surface area contributed by atoms with Crippen molar-refractivity contribution in [1.82, 2.24) is 0 Å². The molecule has 0 fully saturated rings. The number of carbonyl (C=O) groups excluding carboxylic acids is 2. The van der Waals surface area contributed by atoms with Crippen molar-refractivity contribution in [3.8, 4) is 0 Å². The molecule has 46 heavy (non-hydrogen) atoms. The molecular formula is C40H72O6. The maximum absolute atomic E-state index is 11.5. The van der Waals surface area contributed by atoms with E-state index in [1.165, 1.54) is 141 Å². The minimum Gasteiger partial charge on any atom is -0.432 e. The Morgan fingerprint density at radius 3 is 0.739 bits per heavy atom. The van der Waals surface area contributed by atoms with Crippen molar-refractivity contribution in [2.75, 3.05) is 13.2 Å². The molecule has 0 spiro atoms. The van der Waals surface area contributed by atoms with Crippen LogP contribution in [0.3, 0.4) is 0 Å². The number of ether oxygens (including phenoxy) is 2. The molecule has 0 radical (unpaired) electrons. The Bertz CT molecular complexity index is 653. The molecular weight excluding hydrogens is 576 g/mol. The predicted molar refractivity (Wildman–Crippen MR) is 192 cm³/mol. The lowest BCUT2D eigenvalue weighted by Gasteiger charge is -2.06. The summed E-state index contributed by atoms with van der Waals surface area (Å²) in [7, 11) is 0. The molecule has 0 aliphatic heterocycles. The van der Waals surface area contributed by atoms with Crippen LogP contribution in [-0.4, -0.2) is 25.5 Å². The number of hydrogen-bond donors (Lipinski definition) is 0. The van der Waals surface area contributed by atoms with Gasteiger partial charge in [0.1, 0.15) is 0 Å². The molecule has 6 heteroatoms. The van der Waals surface area contributed by atoms with Gasteiger partial charge < -0.3 is 9.47 Å². The van der Waals surface area contributed by atoms with Crippen LogP contribution < -0.4 is 0 Å². The zero-order valence-corrected chi connectivity index (χ0v) is 30.1. The van der Waals surface area contributed by atoms with Gasteiger partial charge in [-0.05, 0) is 12.8 Å². The van der Waals surface area contributed by atoms with Gasteiger partial charge in [-0.1, -0.05) is 217 Å². The van der Waals surface area contributed by atoms with Gasteiger partial charge in [0, 0.05) is 0 Å². The highest BCUT2D eigenvalue weighted by atomic mass is 17.3. The van der Waals surface area contributed by atoms with Gasteiger partial charge in [-0.3, -0.25) is 0 Å². The fourth-order valence-electron chi connectivity index (χ4n) is 5.41. The highest BCUT2D eigenvalue weighted by Gasteiger charge is 2.11. The maximum Gasteiger partial charge on any atom is 0.549 e. The Labute approximate surface area is 284 Å². The van der Waals surface area contributed by atoms with Crippen LogP contribution in [0.15, 0.2) is 36.4 Å². The fraction of sp³-hybridized carbons (Fsp3) is 0.800.